The number of ether oxygens (including phenoxy) is 2. The number of fused-ring (bicyclic) bond motifs is 1. The summed E-state index contributed by atoms with van der Waals surface area (Å²) in [7, 11) is 0. The van der Waals surface area contributed by atoms with Gasteiger partial charge in [0.2, 0.25) is 5.95 Å². The Morgan fingerprint density at radius 1 is 1.14 bits per heavy atom. The molecule has 6 nitrogen and oxygen atoms in total. The Morgan fingerprint density at radius 2 is 2.00 bits per heavy atom. The summed E-state index contributed by atoms with van der Waals surface area (Å²) in [6, 6.07) is 7.61. The summed E-state index contributed by atoms with van der Waals surface area (Å²) in [6.07, 6.45) is 2.62. The van der Waals surface area contributed by atoms with Crippen LogP contribution in [0.25, 0.3) is 0 Å². The highest BCUT2D eigenvalue weighted by molar-refractivity contribution is 5.61. The van der Waals surface area contributed by atoms with E-state index in [1.54, 1.807) is 6.20 Å². The fraction of sp³-hybridized carbons (Fsp3) is 0.333. The lowest BCUT2D eigenvalue weighted by atomic mass is 10.2. The topological polar surface area (TPSA) is 68.3 Å². The molecule has 1 aliphatic rings. The minimum absolute atomic E-state index is 0.608. The average Bonchev–Trinajstić information content (AvgIpc) is 2.73. The SMILES string of the molecule is CCNc1nccc(Nc2ccc3c(c2)OCCCO3)n1. The Kier molecular flexibility index (Phi) is 4.04. The van der Waals surface area contributed by atoms with Gasteiger partial charge >= 0.3 is 0 Å². The van der Waals surface area contributed by atoms with Crippen molar-refractivity contribution in [1.82, 2.24) is 9.97 Å². The summed E-state index contributed by atoms with van der Waals surface area (Å²) in [6.45, 7) is 4.16. The zero-order valence-corrected chi connectivity index (χ0v) is 11.9. The van der Waals surface area contributed by atoms with E-state index in [4.69, 9.17) is 9.47 Å². The van der Waals surface area contributed by atoms with Crippen molar-refractivity contribution in [1.29, 1.82) is 0 Å². The molecule has 6 heteroatoms. The van der Waals surface area contributed by atoms with Gasteiger partial charge in [-0.25, -0.2) is 4.98 Å². The van der Waals surface area contributed by atoms with Crippen molar-refractivity contribution in [2.24, 2.45) is 0 Å². The van der Waals surface area contributed by atoms with E-state index in [1.165, 1.54) is 0 Å². The number of nitrogens with one attached hydrogen (secondary N) is 2. The van der Waals surface area contributed by atoms with E-state index in [2.05, 4.69) is 20.6 Å². The second kappa shape index (κ2) is 6.30. The molecule has 0 spiro atoms. The van der Waals surface area contributed by atoms with Crippen LogP contribution in [0.2, 0.25) is 0 Å². The third-order valence-corrected chi connectivity index (χ3v) is 3.01. The van der Waals surface area contributed by atoms with Gasteiger partial charge in [-0.1, -0.05) is 0 Å². The quantitative estimate of drug-likeness (QED) is 0.900. The van der Waals surface area contributed by atoms with E-state index in [0.29, 0.717) is 19.2 Å². The van der Waals surface area contributed by atoms with Crippen LogP contribution in [0.15, 0.2) is 30.5 Å². The molecule has 2 N–H and O–H groups in total. The van der Waals surface area contributed by atoms with Gasteiger partial charge in [0, 0.05) is 30.9 Å². The monoisotopic (exact) mass is 286 g/mol. The second-order valence-electron chi connectivity index (χ2n) is 4.63. The summed E-state index contributed by atoms with van der Waals surface area (Å²) in [5, 5.41) is 6.33. The molecule has 0 aliphatic carbocycles. The fourth-order valence-electron chi connectivity index (χ4n) is 2.06. The first-order valence-corrected chi connectivity index (χ1v) is 7.09. The number of anilines is 3. The zero-order valence-electron chi connectivity index (χ0n) is 11.9. The van der Waals surface area contributed by atoms with Crippen LogP contribution in [0.1, 0.15) is 13.3 Å². The Bertz CT molecular complexity index is 618. The zero-order chi connectivity index (χ0) is 14.5. The Hall–Kier alpha value is -2.50. The molecule has 1 aromatic heterocycles. The highest BCUT2D eigenvalue weighted by Crippen LogP contribution is 2.33. The molecule has 0 saturated carbocycles. The van der Waals surface area contributed by atoms with E-state index < -0.39 is 0 Å². The normalized spacial score (nSPS) is 13.4. The maximum Gasteiger partial charge on any atom is 0.224 e. The van der Waals surface area contributed by atoms with Crippen LogP contribution in [0.4, 0.5) is 17.5 Å². The molecule has 3 rings (SSSR count). The lowest BCUT2D eigenvalue weighted by molar-refractivity contribution is 0.297. The van der Waals surface area contributed by atoms with E-state index in [-0.39, 0.29) is 0 Å². The number of rotatable bonds is 4. The van der Waals surface area contributed by atoms with Gasteiger partial charge in [0.25, 0.3) is 0 Å². The summed E-state index contributed by atoms with van der Waals surface area (Å²) < 4.78 is 11.3. The third kappa shape index (κ3) is 3.34. The van der Waals surface area contributed by atoms with E-state index in [9.17, 15) is 0 Å². The van der Waals surface area contributed by atoms with Gasteiger partial charge < -0.3 is 20.1 Å². The number of benzene rings is 1. The molecule has 0 fully saturated rings. The molecule has 21 heavy (non-hydrogen) atoms. The second-order valence-corrected chi connectivity index (χ2v) is 4.63. The third-order valence-electron chi connectivity index (χ3n) is 3.01. The van der Waals surface area contributed by atoms with Gasteiger partial charge in [-0.3, -0.25) is 0 Å². The standard InChI is InChI=1S/C15H18N4O2/c1-2-16-15-17-7-6-14(19-15)18-11-4-5-12-13(10-11)21-9-3-8-20-12/h4-7,10H,2-3,8-9H2,1H3,(H2,16,17,18,19). The molecular weight excluding hydrogens is 268 g/mol. The van der Waals surface area contributed by atoms with Gasteiger partial charge in [-0.05, 0) is 25.1 Å². The smallest absolute Gasteiger partial charge is 0.224 e. The maximum atomic E-state index is 5.68. The van der Waals surface area contributed by atoms with Crippen molar-refractivity contribution in [3.05, 3.63) is 30.5 Å². The van der Waals surface area contributed by atoms with Crippen molar-refractivity contribution >= 4 is 17.5 Å². The minimum Gasteiger partial charge on any atom is -0.490 e. The van der Waals surface area contributed by atoms with Crippen LogP contribution < -0.4 is 20.1 Å². The lowest BCUT2D eigenvalue weighted by Gasteiger charge is -2.11. The number of hydrogen-bond donors (Lipinski definition) is 2. The summed E-state index contributed by atoms with van der Waals surface area (Å²) in [5.41, 5.74) is 0.903. The van der Waals surface area contributed by atoms with Crippen LogP contribution in [0.3, 0.4) is 0 Å². The van der Waals surface area contributed by atoms with Gasteiger partial charge in [-0.2, -0.15) is 4.98 Å². The van der Waals surface area contributed by atoms with Gasteiger partial charge in [0.1, 0.15) is 5.82 Å². The van der Waals surface area contributed by atoms with Crippen molar-refractivity contribution in [2.45, 2.75) is 13.3 Å². The molecule has 0 radical (unpaired) electrons. The predicted molar refractivity (Wildman–Crippen MR) is 81.5 cm³/mol. The molecule has 0 atom stereocenters. The number of hydrogen-bond acceptors (Lipinski definition) is 6. The molecule has 2 aromatic rings. The van der Waals surface area contributed by atoms with Crippen molar-refractivity contribution in [3.8, 4) is 11.5 Å². The summed E-state index contributed by atoms with van der Waals surface area (Å²) in [4.78, 5) is 8.53. The first-order chi connectivity index (χ1) is 10.3. The Labute approximate surface area is 123 Å². The fourth-order valence-corrected chi connectivity index (χ4v) is 2.06. The molecule has 2 heterocycles. The maximum absolute atomic E-state index is 5.68. The molecular formula is C15H18N4O2. The Balaban J connectivity index is 1.78. The number of nitrogens with zero attached hydrogens (tertiary/aromatic N) is 2. The Morgan fingerprint density at radius 3 is 2.86 bits per heavy atom. The van der Waals surface area contributed by atoms with Crippen LogP contribution in [0.5, 0.6) is 11.5 Å². The van der Waals surface area contributed by atoms with Crippen LogP contribution >= 0.6 is 0 Å². The van der Waals surface area contributed by atoms with Crippen molar-refractivity contribution < 1.29 is 9.47 Å². The summed E-state index contributed by atoms with van der Waals surface area (Å²) in [5.74, 6) is 2.89. The van der Waals surface area contributed by atoms with Gasteiger partial charge in [-0.15, -0.1) is 0 Å². The van der Waals surface area contributed by atoms with E-state index >= 15 is 0 Å². The molecule has 110 valence electrons. The van der Waals surface area contributed by atoms with Gasteiger partial charge in [0.05, 0.1) is 13.2 Å². The lowest BCUT2D eigenvalue weighted by Crippen LogP contribution is -2.03. The highest BCUT2D eigenvalue weighted by atomic mass is 16.5. The minimum atomic E-state index is 0.608. The molecule has 0 amide bonds. The van der Waals surface area contributed by atoms with Crippen LogP contribution in [-0.4, -0.2) is 29.7 Å². The van der Waals surface area contributed by atoms with E-state index in [0.717, 1.165) is 36.0 Å². The molecule has 0 unspecified atom stereocenters. The summed E-state index contributed by atoms with van der Waals surface area (Å²) >= 11 is 0. The predicted octanol–water partition coefficient (Wildman–Crippen LogP) is 2.81. The molecule has 0 bridgehead atoms. The first kappa shape index (κ1) is 13.5. The molecule has 1 aromatic carbocycles. The highest BCUT2D eigenvalue weighted by Gasteiger charge is 2.11. The average molecular weight is 286 g/mol. The van der Waals surface area contributed by atoms with Crippen LogP contribution in [-0.2, 0) is 0 Å². The largest absolute Gasteiger partial charge is 0.490 e. The number of aromatic nitrogens is 2. The molecule has 1 aliphatic heterocycles. The van der Waals surface area contributed by atoms with Crippen LogP contribution in [0, 0.1) is 0 Å². The first-order valence-electron chi connectivity index (χ1n) is 7.09. The molecule has 0 saturated heterocycles. The van der Waals surface area contributed by atoms with Gasteiger partial charge in [0.15, 0.2) is 11.5 Å². The van der Waals surface area contributed by atoms with Crippen molar-refractivity contribution in [3.63, 3.8) is 0 Å². The van der Waals surface area contributed by atoms with Crippen molar-refractivity contribution in [2.75, 3.05) is 30.4 Å². The van der Waals surface area contributed by atoms with E-state index in [1.807, 2.05) is 31.2 Å².